The maximum absolute atomic E-state index is 12.4. The molecule has 1 amide bonds. The fraction of sp³-hybridized carbons (Fsp3) is 0.706. The summed E-state index contributed by atoms with van der Waals surface area (Å²) in [6.45, 7) is 10.6. The lowest BCUT2D eigenvalue weighted by atomic mass is 9.97. The Bertz CT molecular complexity index is 538. The molecule has 0 bridgehead atoms. The second-order valence-corrected chi connectivity index (χ2v) is 7.97. The van der Waals surface area contributed by atoms with Crippen molar-refractivity contribution in [1.29, 1.82) is 0 Å². The molecule has 0 radical (unpaired) electrons. The molecule has 1 fully saturated rings. The first-order valence-corrected chi connectivity index (χ1v) is 8.97. The zero-order valence-electron chi connectivity index (χ0n) is 14.6. The normalized spacial score (nSPS) is 23.7. The molecule has 3 unspecified atom stereocenters. The van der Waals surface area contributed by atoms with Crippen LogP contribution in [0.15, 0.2) is 21.2 Å². The van der Waals surface area contributed by atoms with E-state index in [0.29, 0.717) is 0 Å². The summed E-state index contributed by atoms with van der Waals surface area (Å²) in [5, 5.41) is 3.58. The minimum Gasteiger partial charge on any atom is -0.453 e. The Morgan fingerprint density at radius 3 is 2.74 bits per heavy atom. The molecule has 0 aromatic carbocycles. The van der Waals surface area contributed by atoms with Crippen molar-refractivity contribution in [3.05, 3.63) is 22.6 Å². The van der Waals surface area contributed by atoms with E-state index in [1.807, 2.05) is 37.8 Å². The lowest BCUT2D eigenvalue weighted by Gasteiger charge is -2.41. The maximum atomic E-state index is 12.4. The summed E-state index contributed by atoms with van der Waals surface area (Å²) in [7, 11) is 0. The molecule has 1 N–H and O–H groups in total. The topological polar surface area (TPSA) is 54.7 Å². The number of likely N-dealkylation sites (tertiary alicyclic amines) is 1. The number of amides is 1. The molecule has 1 aromatic heterocycles. The van der Waals surface area contributed by atoms with Crippen LogP contribution < -0.4 is 5.32 Å². The molecule has 3 atom stereocenters. The number of nitrogens with zero attached hydrogens (tertiary/aromatic N) is 1. The van der Waals surface area contributed by atoms with E-state index in [9.17, 15) is 4.79 Å². The minimum absolute atomic E-state index is 0.0828. The molecule has 1 aliphatic rings. The number of rotatable bonds is 3. The van der Waals surface area contributed by atoms with Gasteiger partial charge in [-0.3, -0.25) is 0 Å². The fourth-order valence-corrected chi connectivity index (χ4v) is 3.23. The standard InChI is InChI=1S/C17H27BrN2O3/c1-11(14-8-9-15(18)22-14)19-13-7-6-10-20(12(13)2)16(21)23-17(3,4)5/h8-9,11-13,19H,6-7,10H2,1-5H3. The lowest BCUT2D eigenvalue weighted by Crippen LogP contribution is -2.55. The third-order valence-corrected chi connectivity index (χ3v) is 4.53. The monoisotopic (exact) mass is 386 g/mol. The van der Waals surface area contributed by atoms with Gasteiger partial charge in [-0.15, -0.1) is 0 Å². The third kappa shape index (κ3) is 4.98. The van der Waals surface area contributed by atoms with Gasteiger partial charge in [-0.05, 0) is 75.5 Å². The highest BCUT2D eigenvalue weighted by atomic mass is 79.9. The highest BCUT2D eigenvalue weighted by molar-refractivity contribution is 9.10. The predicted molar refractivity (Wildman–Crippen MR) is 93.4 cm³/mol. The van der Waals surface area contributed by atoms with Crippen LogP contribution in [0.3, 0.4) is 0 Å². The van der Waals surface area contributed by atoms with Gasteiger partial charge < -0.3 is 19.4 Å². The van der Waals surface area contributed by atoms with Crippen LogP contribution in [0.5, 0.6) is 0 Å². The molecular weight excluding hydrogens is 360 g/mol. The summed E-state index contributed by atoms with van der Waals surface area (Å²) in [6.07, 6.45) is 1.77. The molecule has 130 valence electrons. The first kappa shape index (κ1) is 18.3. The van der Waals surface area contributed by atoms with Crippen LogP contribution in [-0.4, -0.2) is 35.2 Å². The average molecular weight is 387 g/mol. The predicted octanol–water partition coefficient (Wildman–Crippen LogP) is 4.48. The Hall–Kier alpha value is -1.01. The zero-order valence-corrected chi connectivity index (χ0v) is 16.1. The first-order chi connectivity index (χ1) is 10.7. The van der Waals surface area contributed by atoms with E-state index in [1.165, 1.54) is 0 Å². The van der Waals surface area contributed by atoms with Gasteiger partial charge in [0.15, 0.2) is 4.67 Å². The minimum atomic E-state index is -0.467. The van der Waals surface area contributed by atoms with Crippen molar-refractivity contribution >= 4 is 22.0 Å². The van der Waals surface area contributed by atoms with E-state index in [-0.39, 0.29) is 24.2 Å². The lowest BCUT2D eigenvalue weighted by molar-refractivity contribution is 0.00629. The number of halogens is 1. The van der Waals surface area contributed by atoms with Crippen molar-refractivity contribution in [3.63, 3.8) is 0 Å². The van der Waals surface area contributed by atoms with E-state index >= 15 is 0 Å². The van der Waals surface area contributed by atoms with Gasteiger partial charge in [0.25, 0.3) is 0 Å². The average Bonchev–Trinajstić information content (AvgIpc) is 2.86. The number of ether oxygens (including phenoxy) is 1. The third-order valence-electron chi connectivity index (χ3n) is 4.10. The maximum Gasteiger partial charge on any atom is 0.410 e. The summed E-state index contributed by atoms with van der Waals surface area (Å²) >= 11 is 3.33. The van der Waals surface area contributed by atoms with E-state index in [2.05, 4.69) is 35.1 Å². The van der Waals surface area contributed by atoms with Crippen molar-refractivity contribution < 1.29 is 13.9 Å². The highest BCUT2D eigenvalue weighted by Crippen LogP contribution is 2.25. The highest BCUT2D eigenvalue weighted by Gasteiger charge is 2.34. The van der Waals surface area contributed by atoms with Crippen LogP contribution in [-0.2, 0) is 4.74 Å². The van der Waals surface area contributed by atoms with Crippen molar-refractivity contribution in [2.24, 2.45) is 0 Å². The quantitative estimate of drug-likeness (QED) is 0.831. The Labute approximate surface area is 146 Å². The summed E-state index contributed by atoms with van der Waals surface area (Å²) in [5.74, 6) is 0.887. The van der Waals surface area contributed by atoms with Gasteiger partial charge in [0.2, 0.25) is 0 Å². The first-order valence-electron chi connectivity index (χ1n) is 8.18. The van der Waals surface area contributed by atoms with E-state index in [1.54, 1.807) is 0 Å². The molecular formula is C17H27BrN2O3. The summed E-state index contributed by atoms with van der Waals surface area (Å²) < 4.78 is 11.9. The largest absolute Gasteiger partial charge is 0.453 e. The van der Waals surface area contributed by atoms with Crippen LogP contribution in [0.2, 0.25) is 0 Å². The number of nitrogens with one attached hydrogen (secondary N) is 1. The Kier molecular flexibility index (Phi) is 5.79. The van der Waals surface area contributed by atoms with Crippen LogP contribution in [0.25, 0.3) is 0 Å². The van der Waals surface area contributed by atoms with E-state index in [4.69, 9.17) is 9.15 Å². The van der Waals surface area contributed by atoms with Gasteiger partial charge in [-0.2, -0.15) is 0 Å². The Morgan fingerprint density at radius 2 is 2.17 bits per heavy atom. The molecule has 1 saturated heterocycles. The van der Waals surface area contributed by atoms with Crippen molar-refractivity contribution in [2.75, 3.05) is 6.54 Å². The van der Waals surface area contributed by atoms with Gasteiger partial charge in [0, 0.05) is 18.6 Å². The van der Waals surface area contributed by atoms with Crippen LogP contribution >= 0.6 is 15.9 Å². The molecule has 0 spiro atoms. The van der Waals surface area contributed by atoms with Crippen molar-refractivity contribution in [2.45, 2.75) is 71.2 Å². The zero-order chi connectivity index (χ0) is 17.2. The molecule has 6 heteroatoms. The summed E-state index contributed by atoms with van der Waals surface area (Å²) in [4.78, 5) is 14.2. The van der Waals surface area contributed by atoms with E-state index in [0.717, 1.165) is 29.8 Å². The van der Waals surface area contributed by atoms with E-state index < -0.39 is 5.60 Å². The van der Waals surface area contributed by atoms with Crippen molar-refractivity contribution in [1.82, 2.24) is 10.2 Å². The van der Waals surface area contributed by atoms with Crippen LogP contribution in [0, 0.1) is 0 Å². The number of carbonyl (C=O) groups is 1. The second-order valence-electron chi connectivity index (χ2n) is 7.19. The van der Waals surface area contributed by atoms with Gasteiger partial charge in [0.05, 0.1) is 6.04 Å². The molecule has 23 heavy (non-hydrogen) atoms. The second kappa shape index (κ2) is 7.26. The molecule has 1 aliphatic heterocycles. The summed E-state index contributed by atoms with van der Waals surface area (Å²) in [6, 6.07) is 4.24. The van der Waals surface area contributed by atoms with Crippen LogP contribution in [0.4, 0.5) is 4.79 Å². The fourth-order valence-electron chi connectivity index (χ4n) is 2.91. The number of hydrogen-bond donors (Lipinski definition) is 1. The molecule has 1 aromatic rings. The Morgan fingerprint density at radius 1 is 1.48 bits per heavy atom. The molecule has 2 rings (SSSR count). The van der Waals surface area contributed by atoms with Gasteiger partial charge in [-0.25, -0.2) is 4.79 Å². The molecule has 0 aliphatic carbocycles. The number of hydrogen-bond acceptors (Lipinski definition) is 4. The van der Waals surface area contributed by atoms with Crippen molar-refractivity contribution in [3.8, 4) is 0 Å². The smallest absolute Gasteiger partial charge is 0.410 e. The molecule has 2 heterocycles. The number of piperidine rings is 1. The van der Waals surface area contributed by atoms with Gasteiger partial charge in [0.1, 0.15) is 11.4 Å². The molecule has 5 nitrogen and oxygen atoms in total. The van der Waals surface area contributed by atoms with Gasteiger partial charge >= 0.3 is 6.09 Å². The van der Waals surface area contributed by atoms with Gasteiger partial charge in [-0.1, -0.05) is 0 Å². The number of carbonyl (C=O) groups excluding carboxylic acids is 1. The van der Waals surface area contributed by atoms with Crippen LogP contribution in [0.1, 0.15) is 59.3 Å². The Balaban J connectivity index is 1.99. The summed E-state index contributed by atoms with van der Waals surface area (Å²) in [5.41, 5.74) is -0.467. The SMILES string of the molecule is CC(NC1CCCN(C(=O)OC(C)(C)C)C1C)c1ccc(Br)o1. The molecule has 0 saturated carbocycles. The number of furan rings is 1.